The molecule has 0 unspecified atom stereocenters. The average molecular weight is 1150 g/mol. The lowest BCUT2D eigenvalue weighted by molar-refractivity contribution is -0.138. The molecule has 0 radical (unpaired) electrons. The number of aromatic nitrogens is 2. The molecule has 2 heterocycles. The van der Waals surface area contributed by atoms with Crippen LogP contribution in [0.25, 0.3) is 22.5 Å². The number of carbonyl (C=O) groups excluding carboxylic acids is 2. The number of sulfone groups is 2. The van der Waals surface area contributed by atoms with Gasteiger partial charge in [-0.25, -0.2) is 26.8 Å². The largest absolute Gasteiger partial charge is 0.416 e. The maximum absolute atomic E-state index is 12.8. The van der Waals surface area contributed by atoms with Crippen LogP contribution in [0.3, 0.4) is 0 Å². The van der Waals surface area contributed by atoms with Gasteiger partial charge in [0.05, 0.1) is 79.1 Å². The highest BCUT2D eigenvalue weighted by Gasteiger charge is 2.31. The minimum Gasteiger partial charge on any atom is -0.394 e. The molecule has 0 fully saturated rings. The molecule has 0 aliphatic rings. The highest BCUT2D eigenvalue weighted by atomic mass is 32.2. The molecule has 408 valence electrons. The minimum atomic E-state index is -4.37. The van der Waals surface area contributed by atoms with Crippen LogP contribution in [0.4, 0.5) is 26.3 Å². The first kappa shape index (κ1) is 58.6. The topological polar surface area (TPSA) is 193 Å². The Bertz CT molecular complexity index is 3300. The highest BCUT2D eigenvalue weighted by Crippen LogP contribution is 2.32. The zero-order valence-electron chi connectivity index (χ0n) is 41.5. The van der Waals surface area contributed by atoms with Crippen molar-refractivity contribution in [3.05, 3.63) is 211 Å². The zero-order chi connectivity index (χ0) is 56.4. The van der Waals surface area contributed by atoms with Crippen LogP contribution in [-0.4, -0.2) is 73.6 Å². The van der Waals surface area contributed by atoms with E-state index in [0.717, 1.165) is 56.5 Å². The number of amides is 2. The maximum Gasteiger partial charge on any atom is 0.416 e. The summed E-state index contributed by atoms with van der Waals surface area (Å²) in [5, 5.41) is 30.3. The van der Waals surface area contributed by atoms with Gasteiger partial charge in [-0.05, 0) is 95.1 Å². The van der Waals surface area contributed by atoms with Crippen molar-refractivity contribution in [2.24, 2.45) is 0 Å². The van der Waals surface area contributed by atoms with E-state index in [-0.39, 0.29) is 34.5 Å². The SMILES string of the molecule is CCS(=O)(=O)c1ccc([C@@H](CO)NC(=O)c2ccc(-c3csc(Cc4ccc(C(F)(F)F)cc4)n3)cc2)cc1.CCS(=O)(=O)c1ccc([C@H](CO)NC(=O)c2ccc(-c3csc(Cc4ccc(C(F)(F)F)cc4)n3)cc2)cc1. The van der Waals surface area contributed by atoms with Crippen molar-refractivity contribution in [2.75, 3.05) is 24.7 Å². The molecule has 78 heavy (non-hydrogen) atoms. The molecule has 6 aromatic carbocycles. The van der Waals surface area contributed by atoms with Crippen LogP contribution in [0.1, 0.15) is 90.0 Å². The van der Waals surface area contributed by atoms with Crippen molar-refractivity contribution in [3.8, 4) is 22.5 Å². The molecule has 0 bridgehead atoms. The van der Waals surface area contributed by atoms with E-state index in [2.05, 4.69) is 20.6 Å². The standard InChI is InChI=1S/2C28H25F3N2O4S2/c2*1-2-39(36,37)23-13-9-19(10-14-23)24(16-34)33-27(35)21-7-5-20(6-8-21)25-17-38-26(32-25)15-18-3-11-22(12-4-18)28(29,30)31/h2*3-14,17,24,34H,2,15-16H2,1H3,(H,33,35)/t2*24-/m10/s1. The predicted molar refractivity (Wildman–Crippen MR) is 287 cm³/mol. The number of thiazole rings is 2. The van der Waals surface area contributed by atoms with Crippen LogP contribution in [0.15, 0.2) is 166 Å². The number of aliphatic hydroxyl groups is 2. The van der Waals surface area contributed by atoms with Gasteiger partial charge in [0.25, 0.3) is 11.8 Å². The van der Waals surface area contributed by atoms with Crippen molar-refractivity contribution >= 4 is 54.2 Å². The number of halogens is 6. The third-order valence-corrected chi connectivity index (χ3v) is 17.5. The van der Waals surface area contributed by atoms with Gasteiger partial charge in [0, 0.05) is 45.9 Å². The Morgan fingerprint density at radius 1 is 0.500 bits per heavy atom. The lowest BCUT2D eigenvalue weighted by atomic mass is 10.1. The molecule has 0 aliphatic heterocycles. The summed E-state index contributed by atoms with van der Waals surface area (Å²) in [4.78, 5) is 35.1. The molecule has 0 spiro atoms. The number of hydrogen-bond acceptors (Lipinski definition) is 12. The van der Waals surface area contributed by atoms with E-state index in [1.165, 1.54) is 71.2 Å². The second kappa shape index (κ2) is 25.1. The minimum absolute atomic E-state index is 0.0239. The average Bonchev–Trinajstić information content (AvgIpc) is 4.12. The number of carbonyl (C=O) groups is 2. The molecule has 12 nitrogen and oxygen atoms in total. The first-order valence-corrected chi connectivity index (χ1v) is 29.0. The van der Waals surface area contributed by atoms with Crippen molar-refractivity contribution < 1.29 is 63.0 Å². The molecule has 2 amide bonds. The van der Waals surface area contributed by atoms with E-state index in [4.69, 9.17) is 0 Å². The summed E-state index contributed by atoms with van der Waals surface area (Å²) < 4.78 is 125. The van der Waals surface area contributed by atoms with Gasteiger partial charge >= 0.3 is 12.4 Å². The van der Waals surface area contributed by atoms with E-state index in [0.29, 0.717) is 46.5 Å². The fraction of sp³-hybridized carbons (Fsp3) is 0.214. The Balaban J connectivity index is 0.000000226. The molecule has 22 heteroatoms. The Kier molecular flexibility index (Phi) is 18.9. The number of aliphatic hydroxyl groups excluding tert-OH is 2. The molecule has 2 aromatic heterocycles. The van der Waals surface area contributed by atoms with E-state index >= 15 is 0 Å². The fourth-order valence-corrected chi connectivity index (χ4v) is 11.1. The Hall–Kier alpha value is -7.08. The van der Waals surface area contributed by atoms with Crippen LogP contribution < -0.4 is 10.6 Å². The van der Waals surface area contributed by atoms with Gasteiger partial charge in [-0.1, -0.05) is 86.6 Å². The summed E-state index contributed by atoms with van der Waals surface area (Å²) in [6, 6.07) is 34.1. The summed E-state index contributed by atoms with van der Waals surface area (Å²) in [5.74, 6) is -0.868. The van der Waals surface area contributed by atoms with Crippen molar-refractivity contribution in [3.63, 3.8) is 0 Å². The molecule has 4 N–H and O–H groups in total. The highest BCUT2D eigenvalue weighted by molar-refractivity contribution is 7.91. The lowest BCUT2D eigenvalue weighted by Crippen LogP contribution is -2.30. The van der Waals surface area contributed by atoms with Crippen molar-refractivity contribution in [2.45, 2.75) is 60.9 Å². The maximum atomic E-state index is 12.8. The number of hydrogen-bond donors (Lipinski definition) is 4. The van der Waals surface area contributed by atoms with E-state index in [9.17, 15) is 63.0 Å². The zero-order valence-corrected chi connectivity index (χ0v) is 44.8. The molecule has 8 rings (SSSR count). The van der Waals surface area contributed by atoms with Gasteiger partial charge in [0.15, 0.2) is 19.7 Å². The number of nitrogens with one attached hydrogen (secondary N) is 2. The van der Waals surface area contributed by atoms with Gasteiger partial charge in [-0.2, -0.15) is 26.3 Å². The smallest absolute Gasteiger partial charge is 0.394 e. The molecule has 2 atom stereocenters. The molecular formula is C56H50F6N4O8S4. The van der Waals surface area contributed by atoms with E-state index in [1.54, 1.807) is 86.6 Å². The number of benzene rings is 6. The number of nitrogens with zero attached hydrogens (tertiary/aromatic N) is 2. The van der Waals surface area contributed by atoms with Crippen LogP contribution >= 0.6 is 22.7 Å². The molecule has 8 aromatic rings. The number of alkyl halides is 6. The third-order valence-electron chi connectivity index (χ3n) is 12.3. The summed E-state index contributed by atoms with van der Waals surface area (Å²) >= 11 is 2.79. The van der Waals surface area contributed by atoms with Gasteiger partial charge in [-0.15, -0.1) is 22.7 Å². The predicted octanol–water partition coefficient (Wildman–Crippen LogP) is 11.4. The fourth-order valence-electron chi connectivity index (χ4n) is 7.71. The Labute approximate surface area is 454 Å². The van der Waals surface area contributed by atoms with Crippen LogP contribution in [-0.2, 0) is 44.9 Å². The van der Waals surface area contributed by atoms with Gasteiger partial charge in [-0.3, -0.25) is 9.59 Å². The Morgan fingerprint density at radius 2 is 0.821 bits per heavy atom. The van der Waals surface area contributed by atoms with Crippen LogP contribution in [0, 0.1) is 0 Å². The first-order chi connectivity index (χ1) is 37.0. The lowest BCUT2D eigenvalue weighted by Gasteiger charge is -2.17. The van der Waals surface area contributed by atoms with Crippen LogP contribution in [0.2, 0.25) is 0 Å². The van der Waals surface area contributed by atoms with E-state index in [1.807, 2.05) is 10.8 Å². The second-order valence-corrected chi connectivity index (χ2v) is 24.0. The summed E-state index contributed by atoms with van der Waals surface area (Å²) in [6.07, 6.45) is -7.95. The normalized spacial score (nSPS) is 12.7. The molecule has 0 aliphatic carbocycles. The molecule has 0 saturated heterocycles. The van der Waals surface area contributed by atoms with Crippen molar-refractivity contribution in [1.82, 2.24) is 20.6 Å². The quantitative estimate of drug-likeness (QED) is 0.0601. The van der Waals surface area contributed by atoms with Gasteiger partial charge in [0.1, 0.15) is 0 Å². The van der Waals surface area contributed by atoms with Gasteiger partial charge < -0.3 is 20.8 Å². The molecular weight excluding hydrogens is 1100 g/mol. The van der Waals surface area contributed by atoms with Crippen LogP contribution in [0.5, 0.6) is 0 Å². The Morgan fingerprint density at radius 3 is 1.10 bits per heavy atom. The second-order valence-electron chi connectivity index (χ2n) is 17.5. The summed E-state index contributed by atoms with van der Waals surface area (Å²) in [6.45, 7) is 2.37. The van der Waals surface area contributed by atoms with Crippen molar-refractivity contribution in [1.29, 1.82) is 0 Å². The van der Waals surface area contributed by atoms with E-state index < -0.39 is 67.1 Å². The molecule has 0 saturated carbocycles. The summed E-state index contributed by atoms with van der Waals surface area (Å²) in [5.41, 5.74) is 4.83. The third kappa shape index (κ3) is 15.1. The summed E-state index contributed by atoms with van der Waals surface area (Å²) in [7, 11) is -6.71. The van der Waals surface area contributed by atoms with Gasteiger partial charge in [0.2, 0.25) is 0 Å². The first-order valence-electron chi connectivity index (χ1n) is 23.9. The number of rotatable bonds is 18. The monoisotopic (exact) mass is 1150 g/mol.